The van der Waals surface area contributed by atoms with Crippen LogP contribution in [0.4, 0.5) is 0 Å². The summed E-state index contributed by atoms with van der Waals surface area (Å²) in [6.45, 7) is 4.15. The van der Waals surface area contributed by atoms with Crippen LogP contribution in [0.15, 0.2) is 42.5 Å². The van der Waals surface area contributed by atoms with Gasteiger partial charge in [0.25, 0.3) is 0 Å². The van der Waals surface area contributed by atoms with Crippen molar-refractivity contribution in [2.75, 3.05) is 14.2 Å². The molecule has 0 unspecified atom stereocenters. The highest BCUT2D eigenvalue weighted by Gasteiger charge is 2.25. The van der Waals surface area contributed by atoms with Crippen molar-refractivity contribution in [1.82, 2.24) is 9.55 Å². The van der Waals surface area contributed by atoms with Crippen molar-refractivity contribution in [3.8, 4) is 11.5 Å². The van der Waals surface area contributed by atoms with Gasteiger partial charge in [0, 0.05) is 11.6 Å². The topological polar surface area (TPSA) is 56.5 Å². The van der Waals surface area contributed by atoms with Gasteiger partial charge in [-0.3, -0.25) is 0 Å². The lowest BCUT2D eigenvalue weighted by Crippen LogP contribution is -2.13. The molecule has 0 aliphatic rings. The van der Waals surface area contributed by atoms with E-state index in [1.165, 1.54) is 0 Å². The summed E-state index contributed by atoms with van der Waals surface area (Å²) in [5.41, 5.74) is 2.50. The highest BCUT2D eigenvalue weighted by Crippen LogP contribution is 2.38. The molecule has 0 spiro atoms. The second-order valence-corrected chi connectivity index (χ2v) is 5.91. The van der Waals surface area contributed by atoms with E-state index >= 15 is 0 Å². The average molecular weight is 326 g/mol. The molecule has 5 heteroatoms. The number of hydrogen-bond acceptors (Lipinski definition) is 4. The molecule has 126 valence electrons. The average Bonchev–Trinajstić information content (AvgIpc) is 2.99. The molecule has 1 heterocycles. The molecule has 0 amide bonds. The normalized spacial score (nSPS) is 12.6. The van der Waals surface area contributed by atoms with E-state index in [-0.39, 0.29) is 6.04 Å². The molecule has 0 fully saturated rings. The smallest absolute Gasteiger partial charge is 0.166 e. The third kappa shape index (κ3) is 2.61. The minimum Gasteiger partial charge on any atom is -0.493 e. The van der Waals surface area contributed by atoms with Gasteiger partial charge in [-0.1, -0.05) is 24.3 Å². The molecule has 0 aliphatic heterocycles. The van der Waals surface area contributed by atoms with Crippen molar-refractivity contribution in [3.63, 3.8) is 0 Å². The summed E-state index contributed by atoms with van der Waals surface area (Å²) in [5, 5.41) is 11.0. The Balaban J connectivity index is 2.19. The predicted octanol–water partition coefficient (Wildman–Crippen LogP) is 3.72. The Kier molecular flexibility index (Phi) is 4.44. The van der Waals surface area contributed by atoms with E-state index in [1.54, 1.807) is 20.3 Å². The molecule has 0 radical (unpaired) electrons. The van der Waals surface area contributed by atoms with Gasteiger partial charge in [0.05, 0.1) is 25.3 Å². The Hall–Kier alpha value is -2.53. The summed E-state index contributed by atoms with van der Waals surface area (Å²) in [5.74, 6) is 1.70. The Morgan fingerprint density at radius 2 is 1.75 bits per heavy atom. The summed E-state index contributed by atoms with van der Waals surface area (Å²) in [6, 6.07) is 13.5. The quantitative estimate of drug-likeness (QED) is 0.776. The van der Waals surface area contributed by atoms with E-state index in [1.807, 2.05) is 36.4 Å². The zero-order chi connectivity index (χ0) is 17.3. The van der Waals surface area contributed by atoms with Crippen LogP contribution in [0.2, 0.25) is 0 Å². The number of nitrogens with zero attached hydrogens (tertiary/aromatic N) is 2. The monoisotopic (exact) mass is 326 g/mol. The summed E-state index contributed by atoms with van der Waals surface area (Å²) < 4.78 is 12.9. The molecular formula is C19H22N2O3. The Morgan fingerprint density at radius 3 is 2.42 bits per heavy atom. The first-order valence-electron chi connectivity index (χ1n) is 7.94. The first-order valence-corrected chi connectivity index (χ1v) is 7.94. The van der Waals surface area contributed by atoms with Gasteiger partial charge in [0.2, 0.25) is 0 Å². The van der Waals surface area contributed by atoms with Gasteiger partial charge < -0.3 is 19.1 Å². The van der Waals surface area contributed by atoms with Crippen LogP contribution in [0.3, 0.4) is 0 Å². The number of aliphatic hydroxyl groups excluding tert-OH is 1. The largest absolute Gasteiger partial charge is 0.493 e. The maximum Gasteiger partial charge on any atom is 0.166 e. The van der Waals surface area contributed by atoms with Crippen LogP contribution in [0.5, 0.6) is 11.5 Å². The Labute approximate surface area is 141 Å². The molecule has 2 aromatic carbocycles. The van der Waals surface area contributed by atoms with Gasteiger partial charge in [-0.25, -0.2) is 4.98 Å². The van der Waals surface area contributed by atoms with Crippen molar-refractivity contribution in [2.24, 2.45) is 0 Å². The summed E-state index contributed by atoms with van der Waals surface area (Å²) >= 11 is 0. The van der Waals surface area contributed by atoms with Crippen molar-refractivity contribution in [3.05, 3.63) is 53.9 Å². The third-order valence-electron chi connectivity index (χ3n) is 4.11. The minimum atomic E-state index is -0.912. The molecule has 1 aromatic heterocycles. The number of benzene rings is 2. The van der Waals surface area contributed by atoms with E-state index in [0.717, 1.165) is 11.0 Å². The number of imidazole rings is 1. The van der Waals surface area contributed by atoms with E-state index < -0.39 is 6.10 Å². The second-order valence-electron chi connectivity index (χ2n) is 5.91. The molecule has 1 atom stereocenters. The number of ether oxygens (including phenoxy) is 2. The zero-order valence-corrected chi connectivity index (χ0v) is 14.4. The van der Waals surface area contributed by atoms with Gasteiger partial charge in [0.1, 0.15) is 11.9 Å². The highest BCUT2D eigenvalue weighted by molar-refractivity contribution is 5.76. The Bertz CT molecular complexity index is 855. The van der Waals surface area contributed by atoms with Gasteiger partial charge in [-0.2, -0.15) is 0 Å². The lowest BCUT2D eigenvalue weighted by Gasteiger charge is -2.20. The van der Waals surface area contributed by atoms with Crippen LogP contribution >= 0.6 is 0 Å². The van der Waals surface area contributed by atoms with E-state index in [9.17, 15) is 5.11 Å². The van der Waals surface area contributed by atoms with Crippen LogP contribution in [-0.2, 0) is 0 Å². The van der Waals surface area contributed by atoms with Crippen molar-refractivity contribution >= 4 is 11.0 Å². The number of para-hydroxylation sites is 3. The van der Waals surface area contributed by atoms with Crippen LogP contribution in [0, 0.1) is 0 Å². The summed E-state index contributed by atoms with van der Waals surface area (Å²) in [6.07, 6.45) is -0.912. The standard InChI is InChI=1S/C19H22N2O3/c1-12(2)21-15-10-6-5-9-14(15)20-19(21)17(22)13-8-7-11-16(23-3)18(13)24-4/h5-12,17,22H,1-4H3/t17-/m0/s1. The molecule has 1 N–H and O–H groups in total. The molecule has 0 saturated carbocycles. The SMILES string of the molecule is COc1cccc([C@H](O)c2nc3ccccc3n2C(C)C)c1OC. The predicted molar refractivity (Wildman–Crippen MR) is 93.7 cm³/mol. The number of hydrogen-bond donors (Lipinski definition) is 1. The second kappa shape index (κ2) is 6.53. The van der Waals surface area contributed by atoms with Gasteiger partial charge in [0.15, 0.2) is 11.5 Å². The lowest BCUT2D eigenvalue weighted by atomic mass is 10.1. The molecule has 24 heavy (non-hydrogen) atoms. The molecule has 5 nitrogen and oxygen atoms in total. The molecule has 0 bridgehead atoms. The van der Waals surface area contributed by atoms with Crippen LogP contribution in [-0.4, -0.2) is 28.9 Å². The number of methoxy groups -OCH3 is 2. The molecule has 3 aromatic rings. The van der Waals surface area contributed by atoms with Gasteiger partial charge in [-0.05, 0) is 32.0 Å². The molecule has 0 aliphatic carbocycles. The van der Waals surface area contributed by atoms with Gasteiger partial charge in [-0.15, -0.1) is 0 Å². The van der Waals surface area contributed by atoms with Gasteiger partial charge >= 0.3 is 0 Å². The molecule has 3 rings (SSSR count). The number of rotatable bonds is 5. The van der Waals surface area contributed by atoms with E-state index in [4.69, 9.17) is 9.47 Å². The summed E-state index contributed by atoms with van der Waals surface area (Å²) in [7, 11) is 3.15. The van der Waals surface area contributed by atoms with Crippen molar-refractivity contribution in [1.29, 1.82) is 0 Å². The number of aliphatic hydroxyl groups is 1. The maximum absolute atomic E-state index is 11.0. The maximum atomic E-state index is 11.0. The van der Waals surface area contributed by atoms with Crippen LogP contribution in [0.1, 0.15) is 37.4 Å². The minimum absolute atomic E-state index is 0.165. The Morgan fingerprint density at radius 1 is 1.00 bits per heavy atom. The van der Waals surface area contributed by atoms with Crippen LogP contribution in [0.25, 0.3) is 11.0 Å². The zero-order valence-electron chi connectivity index (χ0n) is 14.4. The number of fused-ring (bicyclic) bond motifs is 1. The lowest BCUT2D eigenvalue weighted by molar-refractivity contribution is 0.197. The van der Waals surface area contributed by atoms with E-state index in [2.05, 4.69) is 23.4 Å². The first kappa shape index (κ1) is 16.3. The first-order chi connectivity index (χ1) is 11.6. The molecular weight excluding hydrogens is 304 g/mol. The van der Waals surface area contributed by atoms with Crippen LogP contribution < -0.4 is 9.47 Å². The fraction of sp³-hybridized carbons (Fsp3) is 0.316. The summed E-state index contributed by atoms with van der Waals surface area (Å²) in [4.78, 5) is 4.66. The third-order valence-corrected chi connectivity index (χ3v) is 4.11. The number of aromatic nitrogens is 2. The van der Waals surface area contributed by atoms with Crippen molar-refractivity contribution in [2.45, 2.75) is 26.0 Å². The highest BCUT2D eigenvalue weighted by atomic mass is 16.5. The fourth-order valence-electron chi connectivity index (χ4n) is 3.07. The fourth-order valence-corrected chi connectivity index (χ4v) is 3.07. The van der Waals surface area contributed by atoms with E-state index in [0.29, 0.717) is 22.9 Å². The molecule has 0 saturated heterocycles. The van der Waals surface area contributed by atoms with Crippen molar-refractivity contribution < 1.29 is 14.6 Å².